The Labute approximate surface area is 170 Å². The zero-order chi connectivity index (χ0) is 20.6. The van der Waals surface area contributed by atoms with Gasteiger partial charge in [-0.25, -0.2) is 4.79 Å². The predicted octanol–water partition coefficient (Wildman–Crippen LogP) is 4.10. The van der Waals surface area contributed by atoms with Crippen LogP contribution < -0.4 is 4.74 Å². The second-order valence-corrected chi connectivity index (χ2v) is 6.53. The van der Waals surface area contributed by atoms with Crippen molar-refractivity contribution < 1.29 is 19.1 Å². The summed E-state index contributed by atoms with van der Waals surface area (Å²) in [5.74, 6) is -0.0592. The van der Waals surface area contributed by atoms with E-state index in [0.717, 1.165) is 11.1 Å². The average Bonchev–Trinajstić information content (AvgIpc) is 2.79. The first-order valence-corrected chi connectivity index (χ1v) is 9.27. The highest BCUT2D eigenvalue weighted by Gasteiger charge is 2.23. The molecule has 29 heavy (non-hydrogen) atoms. The Kier molecular flexibility index (Phi) is 6.63. The molecule has 0 unspecified atom stereocenters. The summed E-state index contributed by atoms with van der Waals surface area (Å²) in [6.07, 6.45) is 0. The molecule has 0 N–H and O–H groups in total. The molecular formula is C24H23NO4. The first-order chi connectivity index (χ1) is 14.1. The molecule has 3 aromatic carbocycles. The number of hydrogen-bond donors (Lipinski definition) is 0. The lowest BCUT2D eigenvalue weighted by atomic mass is 9.97. The van der Waals surface area contributed by atoms with Gasteiger partial charge in [0.05, 0.1) is 18.7 Å². The number of methoxy groups -OCH3 is 1. The Hall–Kier alpha value is -3.60. The van der Waals surface area contributed by atoms with Crippen LogP contribution in [0.2, 0.25) is 0 Å². The fourth-order valence-corrected chi connectivity index (χ4v) is 3.11. The number of nitrogens with zero attached hydrogens (tertiary/aromatic N) is 1. The molecule has 3 aromatic rings. The summed E-state index contributed by atoms with van der Waals surface area (Å²) in [7, 11) is 3.11. The van der Waals surface area contributed by atoms with Crippen LogP contribution in [0.1, 0.15) is 27.5 Å². The van der Waals surface area contributed by atoms with E-state index in [1.807, 2.05) is 60.7 Å². The normalized spacial score (nSPS) is 10.4. The average molecular weight is 389 g/mol. The second kappa shape index (κ2) is 9.55. The SMILES string of the molecule is COC(=O)c1ccc(OCC(=O)N(C)C(c2ccccc2)c2ccccc2)cc1. The number of likely N-dealkylation sites (N-methyl/N-ethyl adjacent to an activating group) is 1. The molecule has 0 fully saturated rings. The largest absolute Gasteiger partial charge is 0.484 e. The van der Waals surface area contributed by atoms with Crippen LogP contribution in [0, 0.1) is 0 Å². The molecule has 5 heteroatoms. The summed E-state index contributed by atoms with van der Waals surface area (Å²) in [6, 6.07) is 26.1. The maximum absolute atomic E-state index is 12.9. The summed E-state index contributed by atoms with van der Waals surface area (Å²) >= 11 is 0. The lowest BCUT2D eigenvalue weighted by molar-refractivity contribution is -0.133. The zero-order valence-electron chi connectivity index (χ0n) is 16.4. The smallest absolute Gasteiger partial charge is 0.337 e. The third-order valence-corrected chi connectivity index (χ3v) is 4.65. The van der Waals surface area contributed by atoms with E-state index < -0.39 is 5.97 Å². The molecule has 0 atom stereocenters. The highest BCUT2D eigenvalue weighted by molar-refractivity contribution is 5.89. The van der Waals surface area contributed by atoms with E-state index >= 15 is 0 Å². The highest BCUT2D eigenvalue weighted by atomic mass is 16.5. The maximum atomic E-state index is 12.9. The fourth-order valence-electron chi connectivity index (χ4n) is 3.11. The summed E-state index contributed by atoms with van der Waals surface area (Å²) in [5.41, 5.74) is 2.48. The van der Waals surface area contributed by atoms with Gasteiger partial charge in [-0.3, -0.25) is 4.79 Å². The molecule has 0 heterocycles. The van der Waals surface area contributed by atoms with Gasteiger partial charge in [0.25, 0.3) is 5.91 Å². The number of benzene rings is 3. The first kappa shape index (κ1) is 20.1. The molecule has 0 saturated heterocycles. The van der Waals surface area contributed by atoms with E-state index in [-0.39, 0.29) is 18.6 Å². The standard InChI is InChI=1S/C24H23NO4/c1-25(22(26)17-29-21-15-13-20(14-16-21)24(27)28-2)23(18-9-5-3-6-10-18)19-11-7-4-8-12-19/h3-16,23H,17H2,1-2H3. The van der Waals surface area contributed by atoms with Gasteiger partial charge in [-0.1, -0.05) is 60.7 Å². The molecule has 0 aliphatic carbocycles. The van der Waals surface area contributed by atoms with Crippen molar-refractivity contribution in [1.82, 2.24) is 4.90 Å². The van der Waals surface area contributed by atoms with Crippen molar-refractivity contribution in [3.8, 4) is 5.75 Å². The molecule has 0 radical (unpaired) electrons. The van der Waals surface area contributed by atoms with E-state index in [4.69, 9.17) is 4.74 Å². The van der Waals surface area contributed by atoms with Crippen molar-refractivity contribution in [1.29, 1.82) is 0 Å². The summed E-state index contributed by atoms with van der Waals surface area (Å²) in [6.45, 7) is -0.107. The summed E-state index contributed by atoms with van der Waals surface area (Å²) in [5, 5.41) is 0. The van der Waals surface area contributed by atoms with Gasteiger partial charge >= 0.3 is 5.97 Å². The maximum Gasteiger partial charge on any atom is 0.337 e. The molecule has 0 spiro atoms. The number of ether oxygens (including phenoxy) is 2. The highest BCUT2D eigenvalue weighted by Crippen LogP contribution is 2.27. The van der Waals surface area contributed by atoms with Crippen LogP contribution in [-0.2, 0) is 9.53 Å². The summed E-state index contributed by atoms with van der Waals surface area (Å²) < 4.78 is 10.3. The number of carbonyl (C=O) groups excluding carboxylic acids is 2. The number of amides is 1. The molecule has 5 nitrogen and oxygen atoms in total. The topological polar surface area (TPSA) is 55.8 Å². The third-order valence-electron chi connectivity index (χ3n) is 4.65. The molecular weight excluding hydrogens is 366 g/mol. The van der Waals surface area contributed by atoms with Gasteiger partial charge < -0.3 is 14.4 Å². The molecule has 0 aliphatic heterocycles. The van der Waals surface area contributed by atoms with Gasteiger partial charge in [0.1, 0.15) is 5.75 Å². The monoisotopic (exact) mass is 389 g/mol. The Morgan fingerprint density at radius 3 is 1.83 bits per heavy atom. The van der Waals surface area contributed by atoms with E-state index in [0.29, 0.717) is 11.3 Å². The van der Waals surface area contributed by atoms with Gasteiger partial charge in [-0.15, -0.1) is 0 Å². The van der Waals surface area contributed by atoms with Crippen LogP contribution in [0.15, 0.2) is 84.9 Å². The van der Waals surface area contributed by atoms with Crippen molar-refractivity contribution in [2.45, 2.75) is 6.04 Å². The first-order valence-electron chi connectivity index (χ1n) is 9.27. The van der Waals surface area contributed by atoms with Crippen LogP contribution in [-0.4, -0.2) is 37.5 Å². The van der Waals surface area contributed by atoms with Gasteiger partial charge in [-0.2, -0.15) is 0 Å². The molecule has 3 rings (SSSR count). The minimum Gasteiger partial charge on any atom is -0.484 e. The van der Waals surface area contributed by atoms with Gasteiger partial charge in [0, 0.05) is 7.05 Å². The quantitative estimate of drug-likeness (QED) is 0.571. The fraction of sp³-hybridized carbons (Fsp3) is 0.167. The van der Waals surface area contributed by atoms with Crippen LogP contribution in [0.25, 0.3) is 0 Å². The minimum atomic E-state index is -0.416. The minimum absolute atomic E-state index is 0.107. The van der Waals surface area contributed by atoms with E-state index in [9.17, 15) is 9.59 Å². The number of rotatable bonds is 7. The number of hydrogen-bond acceptors (Lipinski definition) is 4. The van der Waals surface area contributed by atoms with Crippen LogP contribution in [0.3, 0.4) is 0 Å². The van der Waals surface area contributed by atoms with Crippen molar-refractivity contribution >= 4 is 11.9 Å². The third kappa shape index (κ3) is 5.02. The number of carbonyl (C=O) groups is 2. The van der Waals surface area contributed by atoms with Gasteiger partial charge in [0.15, 0.2) is 6.61 Å². The molecule has 0 aliphatic rings. The van der Waals surface area contributed by atoms with Crippen molar-refractivity contribution in [2.24, 2.45) is 0 Å². The van der Waals surface area contributed by atoms with E-state index in [1.165, 1.54) is 7.11 Å². The van der Waals surface area contributed by atoms with Gasteiger partial charge in [0.2, 0.25) is 0 Å². The van der Waals surface area contributed by atoms with Crippen LogP contribution >= 0.6 is 0 Å². The van der Waals surface area contributed by atoms with Gasteiger partial charge in [-0.05, 0) is 35.4 Å². The van der Waals surface area contributed by atoms with Crippen LogP contribution in [0.5, 0.6) is 5.75 Å². The van der Waals surface area contributed by atoms with Crippen molar-refractivity contribution in [3.63, 3.8) is 0 Å². The molecule has 1 amide bonds. The molecule has 148 valence electrons. The Bertz CT molecular complexity index is 900. The molecule has 0 aromatic heterocycles. The number of esters is 1. The Morgan fingerprint density at radius 1 is 0.828 bits per heavy atom. The summed E-state index contributed by atoms with van der Waals surface area (Å²) in [4.78, 5) is 26.0. The van der Waals surface area contributed by atoms with Crippen molar-refractivity contribution in [3.05, 3.63) is 102 Å². The van der Waals surface area contributed by atoms with E-state index in [1.54, 1.807) is 36.2 Å². The Morgan fingerprint density at radius 2 is 1.34 bits per heavy atom. The zero-order valence-corrected chi connectivity index (χ0v) is 16.4. The second-order valence-electron chi connectivity index (χ2n) is 6.53. The lowest BCUT2D eigenvalue weighted by Crippen LogP contribution is -2.35. The lowest BCUT2D eigenvalue weighted by Gasteiger charge is -2.29. The van der Waals surface area contributed by atoms with Crippen LogP contribution in [0.4, 0.5) is 0 Å². The van der Waals surface area contributed by atoms with E-state index in [2.05, 4.69) is 4.74 Å². The van der Waals surface area contributed by atoms with Crippen molar-refractivity contribution in [2.75, 3.05) is 20.8 Å². The predicted molar refractivity (Wildman–Crippen MR) is 111 cm³/mol. The molecule has 0 bridgehead atoms. The molecule has 0 saturated carbocycles. The Balaban J connectivity index is 1.72.